The normalized spacial score (nSPS) is 14.1. The van der Waals surface area contributed by atoms with Crippen molar-refractivity contribution < 1.29 is 4.74 Å². The minimum Gasteiger partial charge on any atom is -0.483 e. The number of thiophene rings is 1. The van der Waals surface area contributed by atoms with Crippen molar-refractivity contribution >= 4 is 50.5 Å². The molecule has 2 aromatic rings. The number of rotatable bonds is 5. The first-order valence-corrected chi connectivity index (χ1v) is 8.55. The Morgan fingerprint density at radius 1 is 1.30 bits per heavy atom. The van der Waals surface area contributed by atoms with Crippen LogP contribution < -0.4 is 10.5 Å². The summed E-state index contributed by atoms with van der Waals surface area (Å²) >= 11 is 17.0. The highest BCUT2D eigenvalue weighted by Gasteiger charge is 2.22. The molecule has 20 heavy (non-hydrogen) atoms. The molecular formula is C14H14BrCl2NOS. The van der Waals surface area contributed by atoms with Gasteiger partial charge in [0.2, 0.25) is 0 Å². The van der Waals surface area contributed by atoms with E-state index in [2.05, 4.69) is 15.9 Å². The third-order valence-electron chi connectivity index (χ3n) is 2.88. The van der Waals surface area contributed by atoms with Crippen LogP contribution in [0.15, 0.2) is 34.1 Å². The van der Waals surface area contributed by atoms with E-state index in [1.807, 2.05) is 18.4 Å². The molecule has 0 aliphatic heterocycles. The van der Waals surface area contributed by atoms with E-state index in [0.29, 0.717) is 15.8 Å². The topological polar surface area (TPSA) is 35.2 Å². The molecule has 0 bridgehead atoms. The fourth-order valence-electron chi connectivity index (χ4n) is 1.74. The summed E-state index contributed by atoms with van der Waals surface area (Å²) in [6, 6.07) is 7.17. The zero-order chi connectivity index (χ0) is 14.7. The third kappa shape index (κ3) is 3.89. The molecule has 2 N–H and O–H groups in total. The maximum Gasteiger partial charge on any atom is 0.148 e. The summed E-state index contributed by atoms with van der Waals surface area (Å²) in [5.74, 6) is 0.665. The largest absolute Gasteiger partial charge is 0.483 e. The lowest BCUT2D eigenvalue weighted by Gasteiger charge is -2.23. The van der Waals surface area contributed by atoms with Gasteiger partial charge in [-0.15, -0.1) is 11.3 Å². The van der Waals surface area contributed by atoms with Gasteiger partial charge in [0.15, 0.2) is 0 Å². The fraction of sp³-hybridized carbons (Fsp3) is 0.286. The second-order valence-corrected chi connectivity index (χ2v) is 7.03. The van der Waals surface area contributed by atoms with Crippen molar-refractivity contribution in [1.29, 1.82) is 0 Å². The number of benzene rings is 1. The lowest BCUT2D eigenvalue weighted by molar-refractivity contribution is 0.174. The summed E-state index contributed by atoms with van der Waals surface area (Å²) in [6.45, 7) is 2.04. The van der Waals surface area contributed by atoms with Crippen LogP contribution in [-0.2, 0) is 0 Å². The second-order valence-electron chi connectivity index (χ2n) is 4.35. The zero-order valence-corrected chi connectivity index (χ0v) is 14.7. The molecule has 0 amide bonds. The first-order valence-electron chi connectivity index (χ1n) is 6.12. The Bertz CT molecular complexity index is 590. The average molecular weight is 395 g/mol. The summed E-state index contributed by atoms with van der Waals surface area (Å²) in [5, 5.41) is 3.00. The molecule has 6 heteroatoms. The van der Waals surface area contributed by atoms with E-state index in [9.17, 15) is 0 Å². The average Bonchev–Trinajstić information content (AvgIpc) is 2.85. The Morgan fingerprint density at radius 3 is 2.60 bits per heavy atom. The van der Waals surface area contributed by atoms with Crippen LogP contribution in [0.2, 0.25) is 10.0 Å². The van der Waals surface area contributed by atoms with E-state index in [-0.39, 0.29) is 12.1 Å². The molecule has 1 aromatic heterocycles. The molecular weight excluding hydrogens is 381 g/mol. The minimum atomic E-state index is -0.200. The minimum absolute atomic E-state index is 0.0880. The van der Waals surface area contributed by atoms with E-state index in [1.54, 1.807) is 29.5 Å². The number of ether oxygens (including phenoxy) is 1. The SMILES string of the molecule is CCC(N)C(Oc1ccc(Cl)c(Cl)c1)c1cc(Br)cs1. The molecule has 2 unspecified atom stereocenters. The van der Waals surface area contributed by atoms with Gasteiger partial charge in [-0.05, 0) is 40.5 Å². The monoisotopic (exact) mass is 393 g/mol. The van der Waals surface area contributed by atoms with Crippen LogP contribution in [0.3, 0.4) is 0 Å². The molecule has 0 saturated heterocycles. The van der Waals surface area contributed by atoms with Crippen LogP contribution in [-0.4, -0.2) is 6.04 Å². The molecule has 2 atom stereocenters. The van der Waals surface area contributed by atoms with E-state index < -0.39 is 0 Å². The number of halogens is 3. The summed E-state index contributed by atoms with van der Waals surface area (Å²) in [7, 11) is 0. The summed E-state index contributed by atoms with van der Waals surface area (Å²) in [4.78, 5) is 1.08. The van der Waals surface area contributed by atoms with Crippen LogP contribution in [0.4, 0.5) is 0 Å². The van der Waals surface area contributed by atoms with Gasteiger partial charge in [-0.1, -0.05) is 30.1 Å². The predicted octanol–water partition coefficient (Wildman–Crippen LogP) is 5.67. The maximum absolute atomic E-state index is 6.18. The van der Waals surface area contributed by atoms with Crippen molar-refractivity contribution in [3.63, 3.8) is 0 Å². The molecule has 0 saturated carbocycles. The summed E-state index contributed by atoms with van der Waals surface area (Å²) in [5.41, 5.74) is 6.18. The van der Waals surface area contributed by atoms with Gasteiger partial charge in [0.1, 0.15) is 11.9 Å². The second kappa shape index (κ2) is 7.14. The Labute approximate surface area is 141 Å². The predicted molar refractivity (Wildman–Crippen MR) is 90.1 cm³/mol. The van der Waals surface area contributed by atoms with Gasteiger partial charge in [0.05, 0.1) is 10.0 Å². The van der Waals surface area contributed by atoms with Gasteiger partial charge in [0.25, 0.3) is 0 Å². The lowest BCUT2D eigenvalue weighted by Crippen LogP contribution is -2.30. The highest BCUT2D eigenvalue weighted by atomic mass is 79.9. The first-order chi connectivity index (χ1) is 9.51. The van der Waals surface area contributed by atoms with Crippen LogP contribution >= 0.6 is 50.5 Å². The molecule has 1 heterocycles. The summed E-state index contributed by atoms with van der Waals surface area (Å²) < 4.78 is 7.05. The third-order valence-corrected chi connectivity index (χ3v) is 5.38. The van der Waals surface area contributed by atoms with Crippen LogP contribution in [0.25, 0.3) is 0 Å². The van der Waals surface area contributed by atoms with E-state index in [1.165, 1.54) is 0 Å². The van der Waals surface area contributed by atoms with E-state index in [4.69, 9.17) is 33.7 Å². The number of nitrogens with two attached hydrogens (primary N) is 1. The highest BCUT2D eigenvalue weighted by molar-refractivity contribution is 9.10. The van der Waals surface area contributed by atoms with Crippen molar-refractivity contribution in [3.05, 3.63) is 49.0 Å². The van der Waals surface area contributed by atoms with Crippen molar-refractivity contribution in [1.82, 2.24) is 0 Å². The van der Waals surface area contributed by atoms with Gasteiger partial charge in [0, 0.05) is 26.8 Å². The molecule has 1 aromatic carbocycles. The molecule has 0 radical (unpaired) electrons. The maximum atomic E-state index is 6.18. The molecule has 0 aliphatic carbocycles. The van der Waals surface area contributed by atoms with E-state index in [0.717, 1.165) is 15.8 Å². The smallest absolute Gasteiger partial charge is 0.148 e. The highest BCUT2D eigenvalue weighted by Crippen LogP contribution is 2.34. The lowest BCUT2D eigenvalue weighted by atomic mass is 10.1. The quantitative estimate of drug-likeness (QED) is 0.708. The molecule has 0 fully saturated rings. The van der Waals surface area contributed by atoms with Gasteiger partial charge < -0.3 is 10.5 Å². The Morgan fingerprint density at radius 2 is 2.05 bits per heavy atom. The van der Waals surface area contributed by atoms with Crippen LogP contribution in [0, 0.1) is 0 Å². The first kappa shape index (κ1) is 16.1. The zero-order valence-electron chi connectivity index (χ0n) is 10.8. The van der Waals surface area contributed by atoms with Crippen molar-refractivity contribution in [2.75, 3.05) is 0 Å². The van der Waals surface area contributed by atoms with E-state index >= 15 is 0 Å². The van der Waals surface area contributed by atoms with Gasteiger partial charge in [-0.2, -0.15) is 0 Å². The number of hydrogen-bond donors (Lipinski definition) is 1. The summed E-state index contributed by atoms with van der Waals surface area (Å²) in [6.07, 6.45) is 0.621. The van der Waals surface area contributed by atoms with Gasteiger partial charge >= 0.3 is 0 Å². The fourth-order valence-corrected chi connectivity index (χ4v) is 3.58. The van der Waals surface area contributed by atoms with Gasteiger partial charge in [-0.3, -0.25) is 0 Å². The standard InChI is InChI=1S/C14H14BrCl2NOS/c1-2-12(18)14(13-5-8(15)7-20-13)19-9-3-4-10(16)11(17)6-9/h3-7,12,14H,2,18H2,1H3. The van der Waals surface area contributed by atoms with Crippen LogP contribution in [0.5, 0.6) is 5.75 Å². The Hall–Kier alpha value is -0.260. The molecule has 0 spiro atoms. The molecule has 2 nitrogen and oxygen atoms in total. The Balaban J connectivity index is 2.25. The van der Waals surface area contributed by atoms with Gasteiger partial charge in [-0.25, -0.2) is 0 Å². The van der Waals surface area contributed by atoms with Crippen molar-refractivity contribution in [2.45, 2.75) is 25.5 Å². The molecule has 108 valence electrons. The van der Waals surface area contributed by atoms with Crippen molar-refractivity contribution in [2.24, 2.45) is 5.73 Å². The Kier molecular flexibility index (Phi) is 5.75. The van der Waals surface area contributed by atoms with Crippen LogP contribution in [0.1, 0.15) is 24.3 Å². The van der Waals surface area contributed by atoms with Crippen molar-refractivity contribution in [3.8, 4) is 5.75 Å². The molecule has 2 rings (SSSR count). The number of hydrogen-bond acceptors (Lipinski definition) is 3. The molecule has 0 aliphatic rings.